The highest BCUT2D eigenvalue weighted by atomic mass is 15.1. The van der Waals surface area contributed by atoms with E-state index in [0.29, 0.717) is 0 Å². The van der Waals surface area contributed by atoms with Gasteiger partial charge in [-0.1, -0.05) is 153 Å². The average molecular weight is 640 g/mol. The summed E-state index contributed by atoms with van der Waals surface area (Å²) in [5, 5.41) is 2.58. The van der Waals surface area contributed by atoms with E-state index in [9.17, 15) is 0 Å². The molecule has 238 valence electrons. The summed E-state index contributed by atoms with van der Waals surface area (Å²) in [6.07, 6.45) is 0. The molecule has 50 heavy (non-hydrogen) atoms. The van der Waals surface area contributed by atoms with E-state index < -0.39 is 0 Å². The van der Waals surface area contributed by atoms with Crippen molar-refractivity contribution in [2.75, 3.05) is 4.90 Å². The normalized spacial score (nSPS) is 12.8. The summed E-state index contributed by atoms with van der Waals surface area (Å²) in [5.74, 6) is 0. The van der Waals surface area contributed by atoms with Gasteiger partial charge in [0.05, 0.1) is 5.69 Å². The minimum Gasteiger partial charge on any atom is -0.310 e. The second kappa shape index (κ2) is 12.1. The summed E-state index contributed by atoms with van der Waals surface area (Å²) in [7, 11) is 0. The second-order valence-corrected chi connectivity index (χ2v) is 13.8. The lowest BCUT2D eigenvalue weighted by molar-refractivity contribution is 0.661. The first-order chi connectivity index (χ1) is 24.6. The Kier molecular flexibility index (Phi) is 7.21. The van der Waals surface area contributed by atoms with Crippen LogP contribution in [0.2, 0.25) is 0 Å². The minimum absolute atomic E-state index is 0.0566. The number of hydrogen-bond acceptors (Lipinski definition) is 1. The first-order valence-electron chi connectivity index (χ1n) is 17.4. The summed E-state index contributed by atoms with van der Waals surface area (Å²) in [6.45, 7) is 4.72. The summed E-state index contributed by atoms with van der Waals surface area (Å²) in [6, 6.07) is 68.5. The Morgan fingerprint density at radius 2 is 0.900 bits per heavy atom. The smallest absolute Gasteiger partial charge is 0.0540 e. The van der Waals surface area contributed by atoms with Crippen molar-refractivity contribution < 1.29 is 0 Å². The number of anilines is 3. The van der Waals surface area contributed by atoms with Crippen LogP contribution >= 0.6 is 0 Å². The number of nitrogens with zero attached hydrogens (tertiary/aromatic N) is 1. The summed E-state index contributed by atoms with van der Waals surface area (Å²) >= 11 is 0. The SMILES string of the molecule is CC1(C)c2ccc(-c3cccc(N(c4ccccc4)c4ccccc4-c4ccccc4-c4ccccc4)c3)cc2-c2cc3ccccc3cc21. The molecular weight excluding hydrogens is 603 g/mol. The maximum Gasteiger partial charge on any atom is 0.0540 e. The first-order valence-corrected chi connectivity index (χ1v) is 17.4. The lowest BCUT2D eigenvalue weighted by atomic mass is 9.81. The highest BCUT2D eigenvalue weighted by Gasteiger charge is 2.35. The topological polar surface area (TPSA) is 3.24 Å². The molecule has 1 heteroatoms. The predicted molar refractivity (Wildman–Crippen MR) is 213 cm³/mol. The van der Waals surface area contributed by atoms with E-state index in [-0.39, 0.29) is 5.41 Å². The molecule has 0 amide bonds. The molecule has 0 N–H and O–H groups in total. The zero-order valence-electron chi connectivity index (χ0n) is 28.3. The minimum atomic E-state index is -0.0566. The molecule has 0 saturated carbocycles. The Balaban J connectivity index is 1.19. The van der Waals surface area contributed by atoms with Crippen LogP contribution in [0.3, 0.4) is 0 Å². The van der Waals surface area contributed by atoms with Crippen LogP contribution in [-0.2, 0) is 5.41 Å². The van der Waals surface area contributed by atoms with Crippen LogP contribution in [0, 0.1) is 0 Å². The van der Waals surface area contributed by atoms with Crippen molar-refractivity contribution in [2.24, 2.45) is 0 Å². The Bertz CT molecular complexity index is 2510. The third-order valence-electron chi connectivity index (χ3n) is 10.4. The van der Waals surface area contributed by atoms with Gasteiger partial charge in [-0.15, -0.1) is 0 Å². The van der Waals surface area contributed by atoms with Gasteiger partial charge in [0.2, 0.25) is 0 Å². The van der Waals surface area contributed by atoms with Gasteiger partial charge in [0.25, 0.3) is 0 Å². The van der Waals surface area contributed by atoms with Crippen molar-refractivity contribution in [3.8, 4) is 44.5 Å². The highest BCUT2D eigenvalue weighted by molar-refractivity contribution is 5.96. The Morgan fingerprint density at radius 3 is 1.68 bits per heavy atom. The summed E-state index contributed by atoms with van der Waals surface area (Å²) in [4.78, 5) is 2.40. The van der Waals surface area contributed by atoms with Crippen LogP contribution in [0.1, 0.15) is 25.0 Å². The van der Waals surface area contributed by atoms with Gasteiger partial charge in [-0.3, -0.25) is 0 Å². The molecule has 0 saturated heterocycles. The fourth-order valence-electron chi connectivity index (χ4n) is 7.93. The van der Waals surface area contributed by atoms with Gasteiger partial charge >= 0.3 is 0 Å². The van der Waals surface area contributed by atoms with Crippen LogP contribution in [0.4, 0.5) is 17.1 Å². The largest absolute Gasteiger partial charge is 0.310 e. The van der Waals surface area contributed by atoms with Gasteiger partial charge in [0.15, 0.2) is 0 Å². The Morgan fingerprint density at radius 1 is 0.340 bits per heavy atom. The van der Waals surface area contributed by atoms with Crippen molar-refractivity contribution in [3.05, 3.63) is 199 Å². The molecule has 8 aromatic rings. The molecule has 1 aliphatic rings. The molecule has 1 nitrogen and oxygen atoms in total. The Hall–Kier alpha value is -6.18. The van der Waals surface area contributed by atoms with Crippen LogP contribution < -0.4 is 4.90 Å². The summed E-state index contributed by atoms with van der Waals surface area (Å²) in [5.41, 5.74) is 16.0. The van der Waals surface area contributed by atoms with Gasteiger partial charge < -0.3 is 4.90 Å². The van der Waals surface area contributed by atoms with Crippen LogP contribution in [0.15, 0.2) is 188 Å². The second-order valence-electron chi connectivity index (χ2n) is 13.8. The first kappa shape index (κ1) is 29.9. The van der Waals surface area contributed by atoms with Gasteiger partial charge in [-0.05, 0) is 109 Å². The molecule has 0 aliphatic heterocycles. The molecule has 0 atom stereocenters. The molecule has 8 aromatic carbocycles. The monoisotopic (exact) mass is 639 g/mol. The van der Waals surface area contributed by atoms with Crippen LogP contribution in [-0.4, -0.2) is 0 Å². The molecular formula is C49H37N. The predicted octanol–water partition coefficient (Wildman–Crippen LogP) is 13.6. The molecule has 0 heterocycles. The standard InChI is InChI=1S/C49H37N/c1-49(2)46-29-28-38(32-44(46)45-31-36-18-9-10-19-37(36)33-47(45)49)35-20-15-23-40(30-35)50(39-21-7-4-8-22-39)48-27-14-13-26-43(48)42-25-12-11-24-41(42)34-16-5-3-6-17-34/h3-33H,1-2H3. The molecule has 0 spiro atoms. The number of para-hydroxylation sites is 2. The average Bonchev–Trinajstić information content (AvgIpc) is 3.39. The van der Waals surface area contributed by atoms with Crippen LogP contribution in [0.25, 0.3) is 55.3 Å². The quantitative estimate of drug-likeness (QED) is 0.175. The zero-order chi connectivity index (χ0) is 33.7. The van der Waals surface area contributed by atoms with Crippen molar-refractivity contribution in [1.82, 2.24) is 0 Å². The zero-order valence-corrected chi connectivity index (χ0v) is 28.3. The van der Waals surface area contributed by atoms with Gasteiger partial charge in [0, 0.05) is 22.4 Å². The van der Waals surface area contributed by atoms with E-state index in [1.54, 1.807) is 0 Å². The van der Waals surface area contributed by atoms with E-state index in [0.717, 1.165) is 17.1 Å². The van der Waals surface area contributed by atoms with E-state index in [2.05, 4.69) is 207 Å². The molecule has 0 unspecified atom stereocenters. The third kappa shape index (κ3) is 5.02. The molecule has 0 radical (unpaired) electrons. The number of benzene rings is 8. The van der Waals surface area contributed by atoms with Crippen molar-refractivity contribution in [3.63, 3.8) is 0 Å². The van der Waals surface area contributed by atoms with E-state index >= 15 is 0 Å². The lowest BCUT2D eigenvalue weighted by Gasteiger charge is -2.29. The van der Waals surface area contributed by atoms with Gasteiger partial charge in [0.1, 0.15) is 0 Å². The van der Waals surface area contributed by atoms with Crippen molar-refractivity contribution >= 4 is 27.8 Å². The number of hydrogen-bond donors (Lipinski definition) is 0. The maximum atomic E-state index is 2.41. The molecule has 0 aromatic heterocycles. The maximum absolute atomic E-state index is 2.41. The van der Waals surface area contributed by atoms with Crippen LogP contribution in [0.5, 0.6) is 0 Å². The fraction of sp³-hybridized carbons (Fsp3) is 0.0612. The Labute approximate surface area is 294 Å². The van der Waals surface area contributed by atoms with E-state index in [1.807, 2.05) is 0 Å². The van der Waals surface area contributed by atoms with Gasteiger partial charge in [-0.2, -0.15) is 0 Å². The highest BCUT2D eigenvalue weighted by Crippen LogP contribution is 2.51. The number of rotatable bonds is 6. The molecule has 9 rings (SSSR count). The van der Waals surface area contributed by atoms with E-state index in [4.69, 9.17) is 0 Å². The molecule has 0 fully saturated rings. The van der Waals surface area contributed by atoms with Crippen molar-refractivity contribution in [1.29, 1.82) is 0 Å². The van der Waals surface area contributed by atoms with Crippen molar-refractivity contribution in [2.45, 2.75) is 19.3 Å². The van der Waals surface area contributed by atoms with E-state index in [1.165, 1.54) is 66.4 Å². The molecule has 0 bridgehead atoms. The summed E-state index contributed by atoms with van der Waals surface area (Å²) < 4.78 is 0. The number of fused-ring (bicyclic) bond motifs is 4. The van der Waals surface area contributed by atoms with Gasteiger partial charge in [-0.25, -0.2) is 0 Å². The molecule has 1 aliphatic carbocycles. The third-order valence-corrected chi connectivity index (χ3v) is 10.4. The fourth-order valence-corrected chi connectivity index (χ4v) is 7.93. The lowest BCUT2D eigenvalue weighted by Crippen LogP contribution is -2.14.